The average Bonchev–Trinajstić information content (AvgIpc) is 2.67. The molecule has 0 radical (unpaired) electrons. The van der Waals surface area contributed by atoms with Gasteiger partial charge in [0, 0.05) is 30.7 Å². The van der Waals surface area contributed by atoms with E-state index in [-0.39, 0.29) is 6.03 Å². The highest BCUT2D eigenvalue weighted by atomic mass is 16.2. The molecule has 0 aliphatic heterocycles. The molecule has 0 bridgehead atoms. The minimum Gasteiger partial charge on any atom is -0.352 e. The summed E-state index contributed by atoms with van der Waals surface area (Å²) in [4.78, 5) is 11.7. The van der Waals surface area contributed by atoms with Crippen LogP contribution in [0.2, 0.25) is 0 Å². The summed E-state index contributed by atoms with van der Waals surface area (Å²) in [5, 5.41) is 5.68. The van der Waals surface area contributed by atoms with Crippen LogP contribution in [0.3, 0.4) is 0 Å². The molecule has 2 N–H and O–H groups in total. The van der Waals surface area contributed by atoms with Gasteiger partial charge in [-0.15, -0.1) is 0 Å². The van der Waals surface area contributed by atoms with Gasteiger partial charge in [0.2, 0.25) is 0 Å². The largest absolute Gasteiger partial charge is 0.352 e. The smallest absolute Gasteiger partial charge is 0.319 e. The van der Waals surface area contributed by atoms with Crippen molar-refractivity contribution in [3.8, 4) is 0 Å². The molecule has 20 heavy (non-hydrogen) atoms. The molecular formula is C16H21N3O. The Balaban J connectivity index is 1.81. The number of benzene rings is 1. The molecule has 0 unspecified atom stereocenters. The zero-order chi connectivity index (χ0) is 14.5. The number of hydrogen-bond acceptors (Lipinski definition) is 1. The summed E-state index contributed by atoms with van der Waals surface area (Å²) in [5.41, 5.74) is 4.58. The number of para-hydroxylation sites is 1. The summed E-state index contributed by atoms with van der Waals surface area (Å²) < 4.78 is 2.17. The highest BCUT2D eigenvalue weighted by Crippen LogP contribution is 2.13. The van der Waals surface area contributed by atoms with Gasteiger partial charge in [-0.3, -0.25) is 0 Å². The third-order valence-electron chi connectivity index (χ3n) is 3.59. The Morgan fingerprint density at radius 2 is 1.90 bits per heavy atom. The molecule has 106 valence electrons. The number of rotatable bonds is 4. The molecule has 0 aliphatic rings. The lowest BCUT2D eigenvalue weighted by Gasteiger charge is -2.07. The summed E-state index contributed by atoms with van der Waals surface area (Å²) in [6, 6.07) is 11.4. The Morgan fingerprint density at radius 1 is 1.20 bits per heavy atom. The maximum atomic E-state index is 11.7. The second kappa shape index (κ2) is 6.28. The van der Waals surface area contributed by atoms with Crippen molar-refractivity contribution in [2.75, 3.05) is 11.9 Å². The number of urea groups is 1. The van der Waals surface area contributed by atoms with E-state index in [0.717, 1.165) is 12.1 Å². The number of carbonyl (C=O) groups is 1. The van der Waals surface area contributed by atoms with Crippen LogP contribution in [0.25, 0.3) is 0 Å². The van der Waals surface area contributed by atoms with Gasteiger partial charge in [-0.25, -0.2) is 4.79 Å². The van der Waals surface area contributed by atoms with Crippen molar-refractivity contribution in [2.45, 2.75) is 20.3 Å². The Bertz CT molecular complexity index is 587. The van der Waals surface area contributed by atoms with Crippen molar-refractivity contribution in [1.29, 1.82) is 0 Å². The standard InChI is InChI=1S/C16H21N3O/c1-12-11-14(13(2)19(12)3)9-10-17-16(20)18-15-7-5-4-6-8-15/h4-8,11H,9-10H2,1-3H3,(H2,17,18,20). The van der Waals surface area contributed by atoms with Crippen molar-refractivity contribution in [3.05, 3.63) is 53.3 Å². The molecule has 2 aromatic rings. The SMILES string of the molecule is Cc1cc(CCNC(=O)Nc2ccccc2)c(C)n1C. The summed E-state index contributed by atoms with van der Waals surface area (Å²) >= 11 is 0. The van der Waals surface area contributed by atoms with Gasteiger partial charge in [0.1, 0.15) is 0 Å². The first kappa shape index (κ1) is 14.2. The summed E-state index contributed by atoms with van der Waals surface area (Å²) in [6.07, 6.45) is 0.843. The second-order valence-electron chi connectivity index (χ2n) is 4.95. The molecule has 0 spiro atoms. The fourth-order valence-corrected chi connectivity index (χ4v) is 2.19. The molecule has 4 nitrogen and oxygen atoms in total. The van der Waals surface area contributed by atoms with Crippen molar-refractivity contribution < 1.29 is 4.79 Å². The lowest BCUT2D eigenvalue weighted by molar-refractivity contribution is 0.252. The monoisotopic (exact) mass is 271 g/mol. The van der Waals surface area contributed by atoms with Crippen LogP contribution in [0.5, 0.6) is 0 Å². The molecule has 1 heterocycles. The van der Waals surface area contributed by atoms with Crippen LogP contribution in [-0.2, 0) is 13.5 Å². The van der Waals surface area contributed by atoms with Crippen molar-refractivity contribution >= 4 is 11.7 Å². The van der Waals surface area contributed by atoms with E-state index in [4.69, 9.17) is 0 Å². The number of amides is 2. The second-order valence-corrected chi connectivity index (χ2v) is 4.95. The van der Waals surface area contributed by atoms with E-state index in [0.29, 0.717) is 6.54 Å². The van der Waals surface area contributed by atoms with Crippen LogP contribution in [0.4, 0.5) is 10.5 Å². The zero-order valence-electron chi connectivity index (χ0n) is 12.2. The van der Waals surface area contributed by atoms with E-state index in [1.54, 1.807) is 0 Å². The average molecular weight is 271 g/mol. The molecular weight excluding hydrogens is 250 g/mol. The van der Waals surface area contributed by atoms with Crippen LogP contribution in [0.1, 0.15) is 17.0 Å². The highest BCUT2D eigenvalue weighted by molar-refractivity contribution is 5.89. The molecule has 1 aromatic carbocycles. The van der Waals surface area contributed by atoms with Gasteiger partial charge in [0.05, 0.1) is 0 Å². The topological polar surface area (TPSA) is 46.1 Å². The maximum Gasteiger partial charge on any atom is 0.319 e. The van der Waals surface area contributed by atoms with Crippen LogP contribution in [0.15, 0.2) is 36.4 Å². The van der Waals surface area contributed by atoms with Gasteiger partial charge in [-0.05, 0) is 44.0 Å². The number of carbonyl (C=O) groups excluding carboxylic acids is 1. The lowest BCUT2D eigenvalue weighted by atomic mass is 10.2. The number of anilines is 1. The van der Waals surface area contributed by atoms with Crippen molar-refractivity contribution in [1.82, 2.24) is 9.88 Å². The number of aromatic nitrogens is 1. The normalized spacial score (nSPS) is 10.3. The molecule has 0 saturated heterocycles. The van der Waals surface area contributed by atoms with Gasteiger partial charge in [-0.2, -0.15) is 0 Å². The van der Waals surface area contributed by atoms with Gasteiger partial charge >= 0.3 is 6.03 Å². The maximum absolute atomic E-state index is 11.7. The van der Waals surface area contributed by atoms with Crippen LogP contribution < -0.4 is 10.6 Å². The van der Waals surface area contributed by atoms with Gasteiger partial charge in [0.25, 0.3) is 0 Å². The highest BCUT2D eigenvalue weighted by Gasteiger charge is 2.06. The van der Waals surface area contributed by atoms with Crippen LogP contribution in [-0.4, -0.2) is 17.1 Å². The van der Waals surface area contributed by atoms with E-state index < -0.39 is 0 Å². The zero-order valence-corrected chi connectivity index (χ0v) is 12.2. The predicted octanol–water partition coefficient (Wildman–Crippen LogP) is 3.01. The first-order valence-electron chi connectivity index (χ1n) is 6.79. The quantitative estimate of drug-likeness (QED) is 0.882. The minimum absolute atomic E-state index is 0.165. The van der Waals surface area contributed by atoms with E-state index >= 15 is 0 Å². The number of aryl methyl sites for hydroxylation is 1. The van der Waals surface area contributed by atoms with Gasteiger partial charge in [-0.1, -0.05) is 18.2 Å². The molecule has 1 aromatic heterocycles. The fourth-order valence-electron chi connectivity index (χ4n) is 2.19. The third-order valence-corrected chi connectivity index (χ3v) is 3.59. The molecule has 0 atom stereocenters. The Kier molecular flexibility index (Phi) is 4.45. The molecule has 2 amide bonds. The number of nitrogens with one attached hydrogen (secondary N) is 2. The Labute approximate surface area is 119 Å². The summed E-state index contributed by atoms with van der Waals surface area (Å²) in [7, 11) is 2.06. The predicted molar refractivity (Wildman–Crippen MR) is 82.1 cm³/mol. The Hall–Kier alpha value is -2.23. The first-order valence-corrected chi connectivity index (χ1v) is 6.79. The van der Waals surface area contributed by atoms with E-state index in [1.807, 2.05) is 30.3 Å². The third kappa shape index (κ3) is 3.41. The number of hydrogen-bond donors (Lipinski definition) is 2. The molecule has 0 fully saturated rings. The molecule has 0 aliphatic carbocycles. The van der Waals surface area contributed by atoms with Gasteiger partial charge in [0.15, 0.2) is 0 Å². The minimum atomic E-state index is -0.165. The lowest BCUT2D eigenvalue weighted by Crippen LogP contribution is -2.30. The fraction of sp³-hybridized carbons (Fsp3) is 0.312. The van der Waals surface area contributed by atoms with Crippen LogP contribution in [0, 0.1) is 13.8 Å². The first-order chi connectivity index (χ1) is 9.58. The van der Waals surface area contributed by atoms with Crippen molar-refractivity contribution in [3.63, 3.8) is 0 Å². The Morgan fingerprint density at radius 3 is 2.50 bits per heavy atom. The molecule has 4 heteroatoms. The van der Waals surface area contributed by atoms with Gasteiger partial charge < -0.3 is 15.2 Å². The summed E-state index contributed by atoms with van der Waals surface area (Å²) in [6.45, 7) is 4.82. The summed E-state index contributed by atoms with van der Waals surface area (Å²) in [5.74, 6) is 0. The van der Waals surface area contributed by atoms with E-state index in [2.05, 4.69) is 42.2 Å². The van der Waals surface area contributed by atoms with Crippen molar-refractivity contribution in [2.24, 2.45) is 7.05 Å². The van der Waals surface area contributed by atoms with Crippen LogP contribution >= 0.6 is 0 Å². The van der Waals surface area contributed by atoms with E-state index in [9.17, 15) is 4.79 Å². The number of nitrogens with zero attached hydrogens (tertiary/aromatic N) is 1. The van der Waals surface area contributed by atoms with E-state index in [1.165, 1.54) is 17.0 Å². The molecule has 2 rings (SSSR count). The molecule has 0 saturated carbocycles.